The van der Waals surface area contributed by atoms with Gasteiger partial charge in [-0.15, -0.1) is 0 Å². The van der Waals surface area contributed by atoms with E-state index in [1.54, 1.807) is 0 Å². The molecular formula is C10H19N3O. The fraction of sp³-hybridized carbons (Fsp3) is 0.800. The van der Waals surface area contributed by atoms with E-state index in [-0.39, 0.29) is 5.92 Å². The number of rotatable bonds is 3. The average molecular weight is 197 g/mol. The Morgan fingerprint density at radius 1 is 1.29 bits per heavy atom. The summed E-state index contributed by atoms with van der Waals surface area (Å²) in [5.74, 6) is 2.01. The SMILES string of the molecule is CC(C)C(C)c1nc(C(C)(C)N)no1. The van der Waals surface area contributed by atoms with Gasteiger partial charge in [-0.2, -0.15) is 4.98 Å². The van der Waals surface area contributed by atoms with E-state index in [0.29, 0.717) is 17.6 Å². The van der Waals surface area contributed by atoms with Gasteiger partial charge in [0, 0.05) is 5.92 Å². The Labute approximate surface area is 84.9 Å². The summed E-state index contributed by atoms with van der Waals surface area (Å²) in [5, 5.41) is 3.88. The van der Waals surface area contributed by atoms with Crippen LogP contribution < -0.4 is 5.73 Å². The molecule has 1 heterocycles. The van der Waals surface area contributed by atoms with Gasteiger partial charge in [-0.25, -0.2) is 0 Å². The third kappa shape index (κ3) is 2.32. The second kappa shape index (κ2) is 3.69. The van der Waals surface area contributed by atoms with E-state index < -0.39 is 5.54 Å². The van der Waals surface area contributed by atoms with Crippen LogP contribution in [0.25, 0.3) is 0 Å². The van der Waals surface area contributed by atoms with Crippen LogP contribution in [0.4, 0.5) is 0 Å². The summed E-state index contributed by atoms with van der Waals surface area (Å²) in [7, 11) is 0. The summed E-state index contributed by atoms with van der Waals surface area (Å²) < 4.78 is 5.17. The van der Waals surface area contributed by atoms with Crippen LogP contribution in [0.2, 0.25) is 0 Å². The van der Waals surface area contributed by atoms with Crippen LogP contribution in [0.5, 0.6) is 0 Å². The fourth-order valence-electron chi connectivity index (χ4n) is 0.967. The number of hydrogen-bond acceptors (Lipinski definition) is 4. The molecule has 0 saturated carbocycles. The Kier molecular flexibility index (Phi) is 2.95. The highest BCUT2D eigenvalue weighted by molar-refractivity contribution is 5.01. The molecule has 4 nitrogen and oxygen atoms in total. The molecular weight excluding hydrogens is 178 g/mol. The molecule has 2 N–H and O–H groups in total. The van der Waals surface area contributed by atoms with Gasteiger partial charge in [0.15, 0.2) is 5.82 Å². The Morgan fingerprint density at radius 2 is 1.86 bits per heavy atom. The minimum Gasteiger partial charge on any atom is -0.339 e. The van der Waals surface area contributed by atoms with Gasteiger partial charge < -0.3 is 10.3 Å². The van der Waals surface area contributed by atoms with Crippen LogP contribution in [-0.2, 0) is 5.54 Å². The van der Waals surface area contributed by atoms with Gasteiger partial charge in [0.25, 0.3) is 0 Å². The van der Waals surface area contributed by atoms with Crippen LogP contribution in [0.1, 0.15) is 52.3 Å². The molecule has 14 heavy (non-hydrogen) atoms. The first-order valence-electron chi connectivity index (χ1n) is 4.95. The van der Waals surface area contributed by atoms with Crippen molar-refractivity contribution in [3.05, 3.63) is 11.7 Å². The summed E-state index contributed by atoms with van der Waals surface area (Å²) in [6, 6.07) is 0. The Hall–Kier alpha value is -0.900. The second-order valence-corrected chi connectivity index (χ2v) is 4.71. The Morgan fingerprint density at radius 3 is 2.21 bits per heavy atom. The van der Waals surface area contributed by atoms with Crippen molar-refractivity contribution in [1.82, 2.24) is 10.1 Å². The molecule has 0 saturated heterocycles. The van der Waals surface area contributed by atoms with Crippen LogP contribution >= 0.6 is 0 Å². The van der Waals surface area contributed by atoms with E-state index >= 15 is 0 Å². The molecule has 0 fully saturated rings. The zero-order valence-corrected chi connectivity index (χ0v) is 9.53. The second-order valence-electron chi connectivity index (χ2n) is 4.71. The number of nitrogens with zero attached hydrogens (tertiary/aromatic N) is 2. The molecule has 80 valence electrons. The van der Waals surface area contributed by atoms with E-state index in [4.69, 9.17) is 10.3 Å². The van der Waals surface area contributed by atoms with E-state index in [1.165, 1.54) is 0 Å². The average Bonchev–Trinajstić information content (AvgIpc) is 2.49. The number of nitrogens with two attached hydrogens (primary N) is 1. The van der Waals surface area contributed by atoms with Crippen molar-refractivity contribution >= 4 is 0 Å². The minimum atomic E-state index is -0.529. The van der Waals surface area contributed by atoms with Crippen LogP contribution in [0.15, 0.2) is 4.52 Å². The Bertz CT molecular complexity index is 299. The third-order valence-electron chi connectivity index (χ3n) is 2.41. The van der Waals surface area contributed by atoms with Gasteiger partial charge in [0.05, 0.1) is 5.54 Å². The van der Waals surface area contributed by atoms with Crippen LogP contribution in [0.3, 0.4) is 0 Å². The first-order valence-corrected chi connectivity index (χ1v) is 4.95. The largest absolute Gasteiger partial charge is 0.339 e. The van der Waals surface area contributed by atoms with Gasteiger partial charge >= 0.3 is 0 Å². The Balaban J connectivity index is 2.89. The smallest absolute Gasteiger partial charge is 0.229 e. The molecule has 0 radical (unpaired) electrons. The van der Waals surface area contributed by atoms with Crippen molar-refractivity contribution in [2.75, 3.05) is 0 Å². The molecule has 0 amide bonds. The summed E-state index contributed by atoms with van der Waals surface area (Å²) in [6.45, 7) is 10.1. The van der Waals surface area contributed by atoms with Crippen LogP contribution in [-0.4, -0.2) is 10.1 Å². The monoisotopic (exact) mass is 197 g/mol. The van der Waals surface area contributed by atoms with Crippen molar-refractivity contribution < 1.29 is 4.52 Å². The maximum atomic E-state index is 5.86. The van der Waals surface area contributed by atoms with E-state index in [2.05, 4.69) is 30.9 Å². The lowest BCUT2D eigenvalue weighted by Gasteiger charge is -2.12. The lowest BCUT2D eigenvalue weighted by Crippen LogP contribution is -2.30. The van der Waals surface area contributed by atoms with E-state index in [9.17, 15) is 0 Å². The predicted octanol–water partition coefficient (Wildman–Crippen LogP) is 2.02. The quantitative estimate of drug-likeness (QED) is 0.805. The van der Waals surface area contributed by atoms with Gasteiger partial charge in [-0.1, -0.05) is 25.9 Å². The molecule has 1 aromatic heterocycles. The lowest BCUT2D eigenvalue weighted by molar-refractivity contribution is 0.323. The predicted molar refractivity (Wildman–Crippen MR) is 54.8 cm³/mol. The van der Waals surface area contributed by atoms with Crippen molar-refractivity contribution in [3.63, 3.8) is 0 Å². The van der Waals surface area contributed by atoms with Crippen molar-refractivity contribution in [3.8, 4) is 0 Å². The normalized spacial score (nSPS) is 14.8. The molecule has 0 aliphatic carbocycles. The van der Waals surface area contributed by atoms with Gasteiger partial charge in [-0.05, 0) is 19.8 Å². The molecule has 4 heteroatoms. The summed E-state index contributed by atoms with van der Waals surface area (Å²) >= 11 is 0. The van der Waals surface area contributed by atoms with Gasteiger partial charge in [-0.3, -0.25) is 0 Å². The number of aromatic nitrogens is 2. The maximum absolute atomic E-state index is 5.86. The lowest BCUT2D eigenvalue weighted by atomic mass is 9.98. The van der Waals surface area contributed by atoms with E-state index in [1.807, 2.05) is 13.8 Å². The maximum Gasteiger partial charge on any atom is 0.229 e. The van der Waals surface area contributed by atoms with Crippen molar-refractivity contribution in [2.45, 2.75) is 46.1 Å². The first-order chi connectivity index (χ1) is 6.32. The first kappa shape index (κ1) is 11.2. The molecule has 1 atom stereocenters. The molecule has 1 unspecified atom stereocenters. The topological polar surface area (TPSA) is 64.9 Å². The summed E-state index contributed by atoms with van der Waals surface area (Å²) in [6.07, 6.45) is 0. The highest BCUT2D eigenvalue weighted by atomic mass is 16.5. The number of hydrogen-bond donors (Lipinski definition) is 1. The van der Waals surface area contributed by atoms with Gasteiger partial charge in [0.2, 0.25) is 5.89 Å². The molecule has 0 spiro atoms. The zero-order valence-electron chi connectivity index (χ0n) is 9.53. The third-order valence-corrected chi connectivity index (χ3v) is 2.41. The van der Waals surface area contributed by atoms with Crippen molar-refractivity contribution in [1.29, 1.82) is 0 Å². The molecule has 0 aromatic carbocycles. The van der Waals surface area contributed by atoms with Crippen LogP contribution in [0, 0.1) is 5.92 Å². The van der Waals surface area contributed by atoms with Gasteiger partial charge in [0.1, 0.15) is 0 Å². The molecule has 0 bridgehead atoms. The zero-order chi connectivity index (χ0) is 10.9. The molecule has 0 aliphatic rings. The summed E-state index contributed by atoms with van der Waals surface area (Å²) in [5.41, 5.74) is 5.33. The van der Waals surface area contributed by atoms with Crippen molar-refractivity contribution in [2.24, 2.45) is 11.7 Å². The fourth-order valence-corrected chi connectivity index (χ4v) is 0.967. The summed E-state index contributed by atoms with van der Waals surface area (Å²) in [4.78, 5) is 4.30. The molecule has 1 aromatic rings. The van der Waals surface area contributed by atoms with E-state index in [0.717, 1.165) is 0 Å². The molecule has 1 rings (SSSR count). The minimum absolute atomic E-state index is 0.276. The highest BCUT2D eigenvalue weighted by Crippen LogP contribution is 2.23. The molecule has 0 aliphatic heterocycles. The standard InChI is InChI=1S/C10H19N3O/c1-6(2)7(3)8-12-9(13-14-8)10(4,5)11/h6-7H,11H2,1-5H3. The highest BCUT2D eigenvalue weighted by Gasteiger charge is 2.24.